The molecule has 10 heteroatoms. The number of carbonyl (C=O) groups is 2. The van der Waals surface area contributed by atoms with Crippen LogP contribution in [0.3, 0.4) is 0 Å². The molecule has 0 radical (unpaired) electrons. The minimum absolute atomic E-state index is 0.109. The van der Waals surface area contributed by atoms with Gasteiger partial charge in [-0.25, -0.2) is 0 Å². The predicted octanol–water partition coefficient (Wildman–Crippen LogP) is 5.17. The molecule has 0 aromatic heterocycles. The van der Waals surface area contributed by atoms with E-state index in [0.29, 0.717) is 64.2 Å². The van der Waals surface area contributed by atoms with Gasteiger partial charge in [0, 0.05) is 36.0 Å². The smallest absolute Gasteiger partial charge is 0.255 e. The average molecular weight is 595 g/mol. The van der Waals surface area contributed by atoms with Crippen LogP contribution in [0.15, 0.2) is 52.6 Å². The van der Waals surface area contributed by atoms with Gasteiger partial charge in [0.05, 0.1) is 31.5 Å². The minimum atomic E-state index is -0.311. The molecule has 2 aliphatic heterocycles. The summed E-state index contributed by atoms with van der Waals surface area (Å²) >= 11 is 3.66. The van der Waals surface area contributed by atoms with Crippen molar-refractivity contribution in [1.29, 1.82) is 0 Å². The third-order valence-corrected chi connectivity index (χ3v) is 7.57. The fourth-order valence-corrected chi connectivity index (χ4v) is 5.35. The minimum Gasteiger partial charge on any atom is -0.493 e. The molecule has 39 heavy (non-hydrogen) atoms. The molecule has 0 atom stereocenters. The molecule has 0 bridgehead atoms. The molecule has 0 aliphatic carbocycles. The normalized spacial score (nSPS) is 13.7. The highest BCUT2D eigenvalue weighted by Gasteiger charge is 2.31. The number of likely N-dealkylation sites (N-methyl/N-ethyl adjacent to an activating group) is 1. The van der Waals surface area contributed by atoms with E-state index >= 15 is 0 Å². The number of ketones is 1. The third kappa shape index (κ3) is 4.87. The molecule has 202 valence electrons. The van der Waals surface area contributed by atoms with Crippen molar-refractivity contribution in [3.8, 4) is 28.7 Å². The Bertz CT molecular complexity index is 1480. The summed E-state index contributed by atoms with van der Waals surface area (Å²) in [6.45, 7) is 0.725. The summed E-state index contributed by atoms with van der Waals surface area (Å²) in [6, 6.07) is 11.7. The Morgan fingerprint density at radius 1 is 0.923 bits per heavy atom. The summed E-state index contributed by atoms with van der Waals surface area (Å²) in [5.41, 5.74) is 3.73. The molecule has 0 unspecified atom stereocenters. The molecule has 3 aromatic rings. The standard InChI is InChI=1S/C29H27BrN2O7/c1-32-12-11-19-20(26(37-4)28-27(24(19)30)38-15-39-28)14-21(32)25(33)16-5-8-18(9-6-16)31-29(34)17-7-10-22(35-2)23(13-17)36-3/h5-10,13-14H,11-12,15H2,1-4H3,(H,31,34). The van der Waals surface area contributed by atoms with Crippen LogP contribution >= 0.6 is 15.9 Å². The molecule has 2 aliphatic rings. The van der Waals surface area contributed by atoms with Crippen molar-refractivity contribution in [2.75, 3.05) is 47.0 Å². The molecule has 2 heterocycles. The van der Waals surface area contributed by atoms with Crippen molar-refractivity contribution in [2.24, 2.45) is 0 Å². The van der Waals surface area contributed by atoms with Crippen molar-refractivity contribution in [3.05, 3.63) is 74.9 Å². The van der Waals surface area contributed by atoms with Crippen molar-refractivity contribution >= 4 is 39.4 Å². The number of halogens is 1. The Hall–Kier alpha value is -4.18. The van der Waals surface area contributed by atoms with Gasteiger partial charge in [-0.2, -0.15) is 0 Å². The maximum absolute atomic E-state index is 13.6. The topological polar surface area (TPSA) is 95.6 Å². The van der Waals surface area contributed by atoms with E-state index in [4.69, 9.17) is 23.7 Å². The lowest BCUT2D eigenvalue weighted by Crippen LogP contribution is -2.24. The first kappa shape index (κ1) is 26.4. The number of anilines is 1. The van der Waals surface area contributed by atoms with Crippen LogP contribution in [0, 0.1) is 0 Å². The van der Waals surface area contributed by atoms with Crippen molar-refractivity contribution in [2.45, 2.75) is 6.42 Å². The van der Waals surface area contributed by atoms with Crippen molar-refractivity contribution in [3.63, 3.8) is 0 Å². The molecule has 1 amide bonds. The number of fused-ring (bicyclic) bond motifs is 2. The Labute approximate surface area is 234 Å². The number of hydrogen-bond donors (Lipinski definition) is 1. The summed E-state index contributed by atoms with van der Waals surface area (Å²) in [7, 11) is 6.50. The Morgan fingerprint density at radius 3 is 2.31 bits per heavy atom. The van der Waals surface area contributed by atoms with Gasteiger partial charge >= 0.3 is 0 Å². The number of rotatable bonds is 7. The highest BCUT2D eigenvalue weighted by atomic mass is 79.9. The van der Waals surface area contributed by atoms with E-state index in [1.165, 1.54) is 14.2 Å². The zero-order valence-electron chi connectivity index (χ0n) is 21.9. The van der Waals surface area contributed by atoms with E-state index in [9.17, 15) is 9.59 Å². The number of allylic oxidation sites excluding steroid dienone is 1. The zero-order valence-corrected chi connectivity index (χ0v) is 23.5. The maximum atomic E-state index is 13.6. The lowest BCUT2D eigenvalue weighted by molar-refractivity contribution is 0.0999. The number of amides is 1. The molecule has 9 nitrogen and oxygen atoms in total. The first-order valence-electron chi connectivity index (χ1n) is 12.1. The van der Waals surface area contributed by atoms with Gasteiger partial charge in [-0.05, 0) is 76.5 Å². The highest BCUT2D eigenvalue weighted by molar-refractivity contribution is 9.10. The van der Waals surface area contributed by atoms with E-state index in [1.54, 1.807) is 49.6 Å². The van der Waals surface area contributed by atoms with E-state index in [1.807, 2.05) is 18.0 Å². The quantitative estimate of drug-likeness (QED) is 0.374. The molecule has 0 saturated heterocycles. The molecule has 1 N–H and O–H groups in total. The van der Waals surface area contributed by atoms with Crippen LogP contribution < -0.4 is 29.0 Å². The van der Waals surface area contributed by atoms with Crippen molar-refractivity contribution < 1.29 is 33.3 Å². The van der Waals surface area contributed by atoms with Gasteiger partial charge in [0.1, 0.15) is 0 Å². The second-order valence-corrected chi connectivity index (χ2v) is 9.73. The first-order valence-corrected chi connectivity index (χ1v) is 12.9. The summed E-state index contributed by atoms with van der Waals surface area (Å²) in [5.74, 6) is 2.20. The fourth-order valence-electron chi connectivity index (χ4n) is 4.64. The van der Waals surface area contributed by atoms with Crippen LogP contribution in [0.4, 0.5) is 5.69 Å². The van der Waals surface area contributed by atoms with E-state index in [2.05, 4.69) is 21.2 Å². The van der Waals surface area contributed by atoms with Crippen LogP contribution in [-0.2, 0) is 6.42 Å². The molecule has 0 fully saturated rings. The van der Waals surface area contributed by atoms with Gasteiger partial charge in [-0.1, -0.05) is 0 Å². The van der Waals surface area contributed by atoms with E-state index in [0.717, 1.165) is 15.6 Å². The van der Waals surface area contributed by atoms with E-state index in [-0.39, 0.29) is 18.5 Å². The summed E-state index contributed by atoms with van der Waals surface area (Å²) in [4.78, 5) is 28.4. The molecular weight excluding hydrogens is 568 g/mol. The second-order valence-electron chi connectivity index (χ2n) is 8.94. The van der Waals surface area contributed by atoms with Gasteiger partial charge in [-0.3, -0.25) is 9.59 Å². The lowest BCUT2D eigenvalue weighted by Gasteiger charge is -2.20. The maximum Gasteiger partial charge on any atom is 0.255 e. The zero-order chi connectivity index (χ0) is 27.7. The molecule has 3 aromatic carbocycles. The summed E-state index contributed by atoms with van der Waals surface area (Å²) < 4.78 is 28.3. The van der Waals surface area contributed by atoms with Crippen LogP contribution in [-0.4, -0.2) is 58.3 Å². The number of benzene rings is 3. The summed E-state index contributed by atoms with van der Waals surface area (Å²) in [5, 5.41) is 2.85. The lowest BCUT2D eigenvalue weighted by atomic mass is 10.0. The molecule has 5 rings (SSSR count). The average Bonchev–Trinajstić information content (AvgIpc) is 3.38. The number of Topliss-reactive ketones (excluding diaryl/α,β-unsaturated/α-hetero) is 1. The Balaban J connectivity index is 1.40. The SMILES string of the molecule is COc1ccc(C(=O)Nc2ccc(C(=O)C3=Cc4c(c(Br)c5c(c4OC)OCO5)CCN3C)cc2)cc1OC. The Morgan fingerprint density at radius 2 is 1.62 bits per heavy atom. The van der Waals surface area contributed by atoms with Crippen LogP contribution in [0.1, 0.15) is 31.8 Å². The second kappa shape index (κ2) is 10.9. The number of methoxy groups -OCH3 is 3. The van der Waals surface area contributed by atoms with Gasteiger partial charge in [0.15, 0.2) is 23.0 Å². The fraction of sp³-hybridized carbons (Fsp3) is 0.241. The van der Waals surface area contributed by atoms with Gasteiger partial charge in [-0.15, -0.1) is 0 Å². The predicted molar refractivity (Wildman–Crippen MR) is 149 cm³/mol. The molecule has 0 saturated carbocycles. The van der Waals surface area contributed by atoms with Crippen LogP contribution in [0.25, 0.3) is 6.08 Å². The number of nitrogens with one attached hydrogen (secondary N) is 1. The van der Waals surface area contributed by atoms with Crippen LogP contribution in [0.5, 0.6) is 28.7 Å². The number of nitrogens with zero attached hydrogens (tertiary/aromatic N) is 1. The molecular formula is C29H27BrN2O7. The molecule has 0 spiro atoms. The number of ether oxygens (including phenoxy) is 5. The van der Waals surface area contributed by atoms with Crippen molar-refractivity contribution in [1.82, 2.24) is 4.90 Å². The van der Waals surface area contributed by atoms with Crippen LogP contribution in [0.2, 0.25) is 0 Å². The third-order valence-electron chi connectivity index (χ3n) is 6.73. The first-order chi connectivity index (χ1) is 18.9. The van der Waals surface area contributed by atoms with E-state index < -0.39 is 0 Å². The number of carbonyl (C=O) groups excluding carboxylic acids is 2. The summed E-state index contributed by atoms with van der Waals surface area (Å²) in [6.07, 6.45) is 2.51. The van der Waals surface area contributed by atoms with Gasteiger partial charge in [0.25, 0.3) is 5.91 Å². The number of hydrogen-bond acceptors (Lipinski definition) is 8. The largest absolute Gasteiger partial charge is 0.493 e. The van der Waals surface area contributed by atoms with Gasteiger partial charge in [0.2, 0.25) is 18.3 Å². The van der Waals surface area contributed by atoms with Gasteiger partial charge < -0.3 is 33.9 Å². The monoisotopic (exact) mass is 594 g/mol. The Kier molecular flexibility index (Phi) is 7.38. The highest BCUT2D eigenvalue weighted by Crippen LogP contribution is 2.51.